The molecule has 16 heteroatoms. The van der Waals surface area contributed by atoms with Crippen molar-refractivity contribution in [1.29, 1.82) is 0 Å². The normalized spacial score (nSPS) is 19.7. The Morgan fingerprint density at radius 1 is 1.28 bits per heavy atom. The van der Waals surface area contributed by atoms with Crippen molar-refractivity contribution in [2.24, 2.45) is 5.16 Å². The first kappa shape index (κ1) is 31.5. The summed E-state index contributed by atoms with van der Waals surface area (Å²) in [7, 11) is 0. The first-order valence-corrected chi connectivity index (χ1v) is 15.1. The number of carbonyl (C=O) groups excluding carboxylic acids is 4. The van der Waals surface area contributed by atoms with E-state index in [1.807, 2.05) is 13.0 Å². The molecule has 2 aliphatic heterocycles. The van der Waals surface area contributed by atoms with E-state index in [2.05, 4.69) is 20.4 Å². The summed E-state index contributed by atoms with van der Waals surface area (Å²) >= 11 is 2.36. The topological polar surface area (TPSA) is 196 Å². The number of aromatic nitrogens is 2. The van der Waals surface area contributed by atoms with E-state index in [0.29, 0.717) is 12.0 Å². The molecule has 1 saturated heterocycles. The number of anilines is 1. The third-order valence-corrected chi connectivity index (χ3v) is 8.22. The number of allylic oxidation sites excluding steroid dienone is 1. The van der Waals surface area contributed by atoms with Gasteiger partial charge < -0.3 is 30.5 Å². The molecule has 0 saturated carbocycles. The Morgan fingerprint density at radius 2 is 2.07 bits per heavy atom. The molecule has 0 bridgehead atoms. The van der Waals surface area contributed by atoms with Gasteiger partial charge in [0.15, 0.2) is 10.8 Å². The second kappa shape index (κ2) is 14.2. The number of nitrogen functional groups attached to an aromatic ring is 1. The summed E-state index contributed by atoms with van der Waals surface area (Å²) in [6, 6.07) is 2.53. The number of oxime groups is 1. The Morgan fingerprint density at radius 3 is 2.72 bits per heavy atom. The molecule has 43 heavy (non-hydrogen) atoms. The fraction of sp³-hybridized carbons (Fsp3) is 0.370. The van der Waals surface area contributed by atoms with Crippen molar-refractivity contribution in [3.05, 3.63) is 58.5 Å². The van der Waals surface area contributed by atoms with E-state index in [0.717, 1.165) is 23.3 Å². The fourth-order valence-corrected chi connectivity index (χ4v) is 6.14. The van der Waals surface area contributed by atoms with Gasteiger partial charge in [0.05, 0.1) is 0 Å². The van der Waals surface area contributed by atoms with E-state index < -0.39 is 47.4 Å². The number of amides is 2. The lowest BCUT2D eigenvalue weighted by molar-refractivity contribution is -0.169. The largest absolute Gasteiger partial charge is 0.511 e. The molecule has 4 rings (SSSR count). The minimum atomic E-state index is -1.32. The van der Waals surface area contributed by atoms with Crippen molar-refractivity contribution >= 4 is 64.0 Å². The summed E-state index contributed by atoms with van der Waals surface area (Å²) in [5, 5.41) is 15.9. The molecule has 228 valence electrons. The van der Waals surface area contributed by atoms with Gasteiger partial charge in [-0.15, -0.1) is 23.1 Å². The molecule has 1 fully saturated rings. The van der Waals surface area contributed by atoms with Gasteiger partial charge in [-0.3, -0.25) is 19.5 Å². The van der Waals surface area contributed by atoms with Gasteiger partial charge in [-0.1, -0.05) is 36.7 Å². The Kier molecular flexibility index (Phi) is 10.4. The van der Waals surface area contributed by atoms with Crippen LogP contribution in [0.4, 0.5) is 9.93 Å². The van der Waals surface area contributed by atoms with Crippen LogP contribution < -0.4 is 11.1 Å². The number of β-lactam (4-membered cyclic amide) rings is 1. The number of rotatable bonds is 11. The standard InChI is InChI=1S/C27H30N6O8S2/c1-4-6-14(2)39-27(37)41-15(3)40-25(36)21-17(9-8-16-7-5-10-29-11-16)12-42-24-20(23(35)33(21)24)31-22(34)19(32-38)18-13-43-26(28)30-18/h5,7-11,13-15,20,24,38H,4,6,12H2,1-3H3,(H2,28,30)(H,31,34)/b9-8-,32-19?/t14?,15?,20-,24-/m1/s1. The highest BCUT2D eigenvalue weighted by atomic mass is 32.2. The lowest BCUT2D eigenvalue weighted by Gasteiger charge is -2.49. The second-order valence-electron chi connectivity index (χ2n) is 9.43. The Bertz CT molecular complexity index is 1460. The van der Waals surface area contributed by atoms with Crippen LogP contribution in [0.2, 0.25) is 0 Å². The number of nitrogens with two attached hydrogens (primary N) is 1. The van der Waals surface area contributed by atoms with Crippen LogP contribution in [-0.2, 0) is 28.6 Å². The molecule has 2 unspecified atom stereocenters. The Balaban J connectivity index is 1.52. The molecular weight excluding hydrogens is 600 g/mol. The molecule has 4 N–H and O–H groups in total. The lowest BCUT2D eigenvalue weighted by atomic mass is 10.0. The Labute approximate surface area is 255 Å². The van der Waals surface area contributed by atoms with E-state index in [4.69, 9.17) is 19.9 Å². The molecule has 2 aromatic rings. The van der Waals surface area contributed by atoms with Gasteiger partial charge in [-0.25, -0.2) is 14.6 Å². The molecule has 2 amide bonds. The van der Waals surface area contributed by atoms with Gasteiger partial charge >= 0.3 is 12.1 Å². The van der Waals surface area contributed by atoms with E-state index in [1.54, 1.807) is 37.5 Å². The fourth-order valence-electron chi connectivity index (χ4n) is 4.27. The number of thioether (sulfide) groups is 1. The summed E-state index contributed by atoms with van der Waals surface area (Å²) in [5.41, 5.74) is 6.41. The summed E-state index contributed by atoms with van der Waals surface area (Å²) < 4.78 is 15.6. The highest BCUT2D eigenvalue weighted by molar-refractivity contribution is 8.00. The molecule has 0 aromatic carbocycles. The number of hydrogen-bond donors (Lipinski definition) is 3. The number of esters is 1. The summed E-state index contributed by atoms with van der Waals surface area (Å²) in [4.78, 5) is 61.0. The summed E-state index contributed by atoms with van der Waals surface area (Å²) in [5.74, 6) is -2.08. The molecule has 2 aliphatic rings. The van der Waals surface area contributed by atoms with Crippen LogP contribution in [0.25, 0.3) is 6.08 Å². The minimum absolute atomic E-state index is 0.0472. The lowest BCUT2D eigenvalue weighted by Crippen LogP contribution is -2.71. The van der Waals surface area contributed by atoms with Crippen LogP contribution in [0, 0.1) is 0 Å². The first-order valence-electron chi connectivity index (χ1n) is 13.2. The number of nitrogens with one attached hydrogen (secondary N) is 1. The van der Waals surface area contributed by atoms with Crippen LogP contribution in [-0.4, -0.2) is 79.3 Å². The third-order valence-electron chi connectivity index (χ3n) is 6.25. The highest BCUT2D eigenvalue weighted by Gasteiger charge is 2.54. The number of hydrogen-bond acceptors (Lipinski definition) is 14. The Hall–Kier alpha value is -4.44. The van der Waals surface area contributed by atoms with Crippen molar-refractivity contribution < 1.29 is 38.6 Å². The summed E-state index contributed by atoms with van der Waals surface area (Å²) in [6.45, 7) is 5.02. The molecular formula is C27H30N6O8S2. The third kappa shape index (κ3) is 7.50. The number of fused-ring (bicyclic) bond motifs is 1. The van der Waals surface area contributed by atoms with Crippen LogP contribution in [0.1, 0.15) is 44.9 Å². The average Bonchev–Trinajstić information content (AvgIpc) is 3.40. The van der Waals surface area contributed by atoms with Crippen LogP contribution in [0.5, 0.6) is 0 Å². The predicted octanol–water partition coefficient (Wildman–Crippen LogP) is 2.90. The van der Waals surface area contributed by atoms with Crippen molar-refractivity contribution in [2.45, 2.75) is 57.4 Å². The minimum Gasteiger partial charge on any atom is -0.431 e. The monoisotopic (exact) mass is 630 g/mol. The van der Waals surface area contributed by atoms with Gasteiger partial charge in [0.2, 0.25) is 6.29 Å². The maximum atomic E-state index is 13.4. The van der Waals surface area contributed by atoms with Crippen molar-refractivity contribution in [2.75, 3.05) is 11.5 Å². The average molecular weight is 631 g/mol. The molecule has 14 nitrogen and oxygen atoms in total. The number of pyridine rings is 1. The quantitative estimate of drug-likeness (QED) is 0.0821. The number of ether oxygens (including phenoxy) is 3. The predicted molar refractivity (Wildman–Crippen MR) is 158 cm³/mol. The zero-order valence-corrected chi connectivity index (χ0v) is 25.1. The van der Waals surface area contributed by atoms with Crippen LogP contribution in [0.3, 0.4) is 0 Å². The SMILES string of the molecule is CCCC(C)OC(=O)OC(C)OC(=O)C1=C(/C=C\c2cccnc2)CS[C@@H]2[C@H](NC(=O)C(=NO)c3csc(N)n3)C(=O)N12. The maximum Gasteiger partial charge on any atom is 0.511 e. The number of nitrogens with zero attached hydrogens (tertiary/aromatic N) is 4. The second-order valence-corrected chi connectivity index (χ2v) is 11.4. The molecule has 4 atom stereocenters. The van der Waals surface area contributed by atoms with E-state index >= 15 is 0 Å². The van der Waals surface area contributed by atoms with Gasteiger partial charge in [0.1, 0.15) is 28.9 Å². The van der Waals surface area contributed by atoms with Crippen molar-refractivity contribution in [3.63, 3.8) is 0 Å². The van der Waals surface area contributed by atoms with Gasteiger partial charge in [0.25, 0.3) is 11.8 Å². The van der Waals surface area contributed by atoms with Crippen LogP contribution >= 0.6 is 23.1 Å². The molecule has 2 aromatic heterocycles. The van der Waals surface area contributed by atoms with E-state index in [9.17, 15) is 24.4 Å². The molecule has 4 heterocycles. The van der Waals surface area contributed by atoms with Gasteiger partial charge in [0, 0.05) is 30.5 Å². The smallest absolute Gasteiger partial charge is 0.431 e. The van der Waals surface area contributed by atoms with Gasteiger partial charge in [-0.05, 0) is 30.5 Å². The number of thiazole rings is 1. The van der Waals surface area contributed by atoms with Gasteiger partial charge in [-0.2, -0.15) is 0 Å². The van der Waals surface area contributed by atoms with E-state index in [-0.39, 0.29) is 28.4 Å². The zero-order valence-electron chi connectivity index (χ0n) is 23.5. The van der Waals surface area contributed by atoms with Crippen LogP contribution in [0.15, 0.2) is 52.4 Å². The number of carbonyl (C=O) groups is 4. The maximum absolute atomic E-state index is 13.4. The first-order chi connectivity index (χ1) is 20.6. The highest BCUT2D eigenvalue weighted by Crippen LogP contribution is 2.41. The molecule has 0 radical (unpaired) electrons. The van der Waals surface area contributed by atoms with Crippen molar-refractivity contribution in [1.82, 2.24) is 20.2 Å². The molecule has 0 aliphatic carbocycles. The van der Waals surface area contributed by atoms with Crippen molar-refractivity contribution in [3.8, 4) is 0 Å². The van der Waals surface area contributed by atoms with E-state index in [1.165, 1.54) is 29.0 Å². The zero-order chi connectivity index (χ0) is 31.1. The summed E-state index contributed by atoms with van der Waals surface area (Å²) in [6.07, 6.45) is 5.42. The molecule has 0 spiro atoms.